The summed E-state index contributed by atoms with van der Waals surface area (Å²) < 4.78 is 4.82. The summed E-state index contributed by atoms with van der Waals surface area (Å²) in [5.41, 5.74) is 0.403. The van der Waals surface area contributed by atoms with Crippen LogP contribution in [0.15, 0.2) is 30.3 Å². The van der Waals surface area contributed by atoms with E-state index in [0.717, 1.165) is 4.90 Å². The lowest BCUT2D eigenvalue weighted by Crippen LogP contribution is -2.66. The highest BCUT2D eigenvalue weighted by Gasteiger charge is 2.54. The zero-order chi connectivity index (χ0) is 16.3. The van der Waals surface area contributed by atoms with E-state index in [9.17, 15) is 19.2 Å². The Morgan fingerprint density at radius 3 is 2.36 bits per heavy atom. The van der Waals surface area contributed by atoms with E-state index in [1.807, 2.05) is 0 Å². The number of ketones is 1. The molecule has 1 heterocycles. The molecule has 0 saturated carbocycles. The summed E-state index contributed by atoms with van der Waals surface area (Å²) in [4.78, 5) is 48.6. The number of benzene rings is 1. The molecule has 6 nitrogen and oxygen atoms in total. The predicted octanol–water partition coefficient (Wildman–Crippen LogP) is 1.20. The molecule has 6 heteroatoms. The summed E-state index contributed by atoms with van der Waals surface area (Å²) in [6.45, 7) is 3.09. The smallest absolute Gasteiger partial charge is 0.306 e. The third-order valence-corrected chi connectivity index (χ3v) is 3.57. The number of hydrogen-bond acceptors (Lipinski definition) is 5. The van der Waals surface area contributed by atoms with Gasteiger partial charge in [-0.25, -0.2) is 0 Å². The molecule has 116 valence electrons. The lowest BCUT2D eigenvalue weighted by molar-refractivity contribution is -0.167. The number of Topliss-reactive ketones (excluding diaryl/α,β-unsaturated/α-hetero) is 1. The SMILES string of the molecule is CCOC(=O)CC1C(=O)N(C(C)=O)C1C(=O)c1ccccc1. The third kappa shape index (κ3) is 2.90. The Hall–Kier alpha value is -2.50. The van der Waals surface area contributed by atoms with Gasteiger partial charge in [0.25, 0.3) is 0 Å². The van der Waals surface area contributed by atoms with Gasteiger partial charge < -0.3 is 4.74 Å². The first-order chi connectivity index (χ1) is 10.5. The fraction of sp³-hybridized carbons (Fsp3) is 0.375. The zero-order valence-electron chi connectivity index (χ0n) is 12.4. The van der Waals surface area contributed by atoms with Gasteiger partial charge >= 0.3 is 5.97 Å². The van der Waals surface area contributed by atoms with Gasteiger partial charge in [-0.3, -0.25) is 24.1 Å². The topological polar surface area (TPSA) is 80.8 Å². The van der Waals surface area contributed by atoms with E-state index in [1.54, 1.807) is 37.3 Å². The van der Waals surface area contributed by atoms with Crippen molar-refractivity contribution in [2.24, 2.45) is 5.92 Å². The lowest BCUT2D eigenvalue weighted by atomic mass is 9.80. The minimum atomic E-state index is -0.934. The summed E-state index contributed by atoms with van der Waals surface area (Å²) >= 11 is 0. The summed E-state index contributed by atoms with van der Waals surface area (Å²) in [6.07, 6.45) is -0.195. The second-order valence-electron chi connectivity index (χ2n) is 5.02. The first-order valence-corrected chi connectivity index (χ1v) is 7.05. The van der Waals surface area contributed by atoms with Crippen LogP contribution < -0.4 is 0 Å². The van der Waals surface area contributed by atoms with Gasteiger partial charge in [-0.15, -0.1) is 0 Å². The van der Waals surface area contributed by atoms with Crippen molar-refractivity contribution in [2.75, 3.05) is 6.61 Å². The molecular weight excluding hydrogens is 286 g/mol. The number of ether oxygens (including phenoxy) is 1. The second kappa shape index (κ2) is 6.51. The molecule has 1 aromatic carbocycles. The van der Waals surface area contributed by atoms with Crippen molar-refractivity contribution in [2.45, 2.75) is 26.3 Å². The molecule has 0 aromatic heterocycles. The monoisotopic (exact) mass is 303 g/mol. The molecule has 1 aromatic rings. The molecule has 1 fully saturated rings. The van der Waals surface area contributed by atoms with Crippen LogP contribution in [0.2, 0.25) is 0 Å². The molecule has 1 aliphatic rings. The Balaban J connectivity index is 2.22. The average Bonchev–Trinajstić information content (AvgIpc) is 2.50. The maximum Gasteiger partial charge on any atom is 0.306 e. The van der Waals surface area contributed by atoms with Crippen molar-refractivity contribution in [3.63, 3.8) is 0 Å². The molecule has 0 spiro atoms. The van der Waals surface area contributed by atoms with Gasteiger partial charge in [0, 0.05) is 12.5 Å². The van der Waals surface area contributed by atoms with E-state index in [0.29, 0.717) is 5.56 Å². The molecule has 22 heavy (non-hydrogen) atoms. The fourth-order valence-corrected chi connectivity index (χ4v) is 2.57. The van der Waals surface area contributed by atoms with Crippen LogP contribution in [0.5, 0.6) is 0 Å². The third-order valence-electron chi connectivity index (χ3n) is 3.57. The number of amides is 2. The van der Waals surface area contributed by atoms with Gasteiger partial charge in [-0.2, -0.15) is 0 Å². The van der Waals surface area contributed by atoms with Crippen molar-refractivity contribution in [1.29, 1.82) is 0 Å². The molecular formula is C16H17NO5. The maximum atomic E-state index is 12.5. The van der Waals surface area contributed by atoms with Gasteiger partial charge in [-0.1, -0.05) is 30.3 Å². The van der Waals surface area contributed by atoms with Crippen LogP contribution in [0.3, 0.4) is 0 Å². The number of carbonyl (C=O) groups is 4. The molecule has 0 N–H and O–H groups in total. The summed E-state index contributed by atoms with van der Waals surface area (Å²) in [5, 5.41) is 0. The second-order valence-corrected chi connectivity index (χ2v) is 5.02. The zero-order valence-corrected chi connectivity index (χ0v) is 12.4. The van der Waals surface area contributed by atoms with Crippen molar-refractivity contribution in [3.05, 3.63) is 35.9 Å². The standard InChI is InChI=1S/C16H17NO5/c1-3-22-13(19)9-12-14(17(10(2)18)16(12)21)15(20)11-7-5-4-6-8-11/h4-8,12,14H,3,9H2,1-2H3. The van der Waals surface area contributed by atoms with Crippen molar-refractivity contribution in [1.82, 2.24) is 4.90 Å². The van der Waals surface area contributed by atoms with Gasteiger partial charge in [0.2, 0.25) is 11.8 Å². The van der Waals surface area contributed by atoms with Gasteiger partial charge in [0.15, 0.2) is 5.78 Å². The van der Waals surface area contributed by atoms with Gasteiger partial charge in [0.05, 0.1) is 18.9 Å². The summed E-state index contributed by atoms with van der Waals surface area (Å²) in [5.74, 6) is -2.73. The van der Waals surface area contributed by atoms with E-state index >= 15 is 0 Å². The van der Waals surface area contributed by atoms with Crippen LogP contribution in [-0.2, 0) is 19.1 Å². The van der Waals surface area contributed by atoms with Crippen LogP contribution in [0.25, 0.3) is 0 Å². The Labute approximate surface area is 128 Å². The van der Waals surface area contributed by atoms with E-state index in [2.05, 4.69) is 0 Å². The fourth-order valence-electron chi connectivity index (χ4n) is 2.57. The van der Waals surface area contributed by atoms with Gasteiger partial charge in [-0.05, 0) is 6.92 Å². The predicted molar refractivity (Wildman–Crippen MR) is 76.8 cm³/mol. The quantitative estimate of drug-likeness (QED) is 0.464. The number of hydrogen-bond donors (Lipinski definition) is 0. The number of nitrogens with zero attached hydrogens (tertiary/aromatic N) is 1. The minimum Gasteiger partial charge on any atom is -0.466 e. The highest BCUT2D eigenvalue weighted by Crippen LogP contribution is 2.32. The number of carbonyl (C=O) groups excluding carboxylic acids is 4. The molecule has 2 unspecified atom stereocenters. The van der Waals surface area contributed by atoms with Crippen molar-refractivity contribution < 1.29 is 23.9 Å². The lowest BCUT2D eigenvalue weighted by Gasteiger charge is -2.43. The largest absolute Gasteiger partial charge is 0.466 e. The van der Waals surface area contributed by atoms with Crippen LogP contribution in [0.4, 0.5) is 0 Å². The van der Waals surface area contributed by atoms with Crippen LogP contribution >= 0.6 is 0 Å². The van der Waals surface area contributed by atoms with Crippen molar-refractivity contribution >= 4 is 23.6 Å². The summed E-state index contributed by atoms with van der Waals surface area (Å²) in [7, 11) is 0. The van der Waals surface area contributed by atoms with Crippen LogP contribution in [0, 0.1) is 5.92 Å². The highest BCUT2D eigenvalue weighted by molar-refractivity contribution is 6.14. The molecule has 1 saturated heterocycles. The Morgan fingerprint density at radius 1 is 1.18 bits per heavy atom. The molecule has 2 atom stereocenters. The Bertz CT molecular complexity index is 610. The van der Waals surface area contributed by atoms with E-state index < -0.39 is 29.7 Å². The maximum absolute atomic E-state index is 12.5. The first kappa shape index (κ1) is 15.9. The highest BCUT2D eigenvalue weighted by atomic mass is 16.5. The Kier molecular flexibility index (Phi) is 4.70. The molecule has 1 aliphatic heterocycles. The first-order valence-electron chi connectivity index (χ1n) is 7.05. The molecule has 0 radical (unpaired) electrons. The average molecular weight is 303 g/mol. The van der Waals surface area contributed by atoms with E-state index in [4.69, 9.17) is 4.74 Å². The Morgan fingerprint density at radius 2 is 1.82 bits per heavy atom. The van der Waals surface area contributed by atoms with E-state index in [-0.39, 0.29) is 18.8 Å². The van der Waals surface area contributed by atoms with E-state index in [1.165, 1.54) is 6.92 Å². The normalized spacial score (nSPS) is 20.3. The number of β-lactam (4-membered cyclic amide) rings is 1. The number of imide groups is 1. The number of esters is 1. The minimum absolute atomic E-state index is 0.195. The van der Waals surface area contributed by atoms with Crippen molar-refractivity contribution in [3.8, 4) is 0 Å². The van der Waals surface area contributed by atoms with Crippen LogP contribution in [-0.4, -0.2) is 41.1 Å². The summed E-state index contributed by atoms with van der Waals surface area (Å²) in [6, 6.07) is 7.46. The number of likely N-dealkylation sites (tertiary alicyclic amines) is 1. The molecule has 2 rings (SSSR count). The number of rotatable bonds is 5. The van der Waals surface area contributed by atoms with Gasteiger partial charge in [0.1, 0.15) is 6.04 Å². The molecule has 0 bridgehead atoms. The molecule has 2 amide bonds. The van der Waals surface area contributed by atoms with Crippen LogP contribution in [0.1, 0.15) is 30.6 Å². The molecule has 0 aliphatic carbocycles.